The molecule has 1 N–H and O–H groups in total. The summed E-state index contributed by atoms with van der Waals surface area (Å²) in [6, 6.07) is 4.75. The van der Waals surface area contributed by atoms with E-state index < -0.39 is 0 Å². The molecule has 6 heteroatoms. The molecule has 2 aliphatic rings. The topological polar surface area (TPSA) is 59.9 Å². The lowest BCUT2D eigenvalue weighted by atomic mass is 9.91. The number of carbonyl (C=O) groups is 1. The van der Waals surface area contributed by atoms with Crippen LogP contribution in [0.1, 0.15) is 45.1 Å². The lowest BCUT2D eigenvalue weighted by Crippen LogP contribution is -2.51. The number of hydrogen-bond acceptors (Lipinski definition) is 5. The van der Waals surface area contributed by atoms with E-state index in [-0.39, 0.29) is 23.8 Å². The summed E-state index contributed by atoms with van der Waals surface area (Å²) in [6.07, 6.45) is 8.22. The van der Waals surface area contributed by atoms with Crippen LogP contribution in [0.25, 0.3) is 0 Å². The highest BCUT2D eigenvalue weighted by Crippen LogP contribution is 2.26. The highest BCUT2D eigenvalue weighted by molar-refractivity contribution is 5.79. The van der Waals surface area contributed by atoms with Gasteiger partial charge in [-0.25, -0.2) is 0 Å². The quantitative estimate of drug-likeness (QED) is 0.758. The fourth-order valence-electron chi connectivity index (χ4n) is 4.81. The van der Waals surface area contributed by atoms with Gasteiger partial charge in [-0.15, -0.1) is 0 Å². The molecule has 0 spiro atoms. The molecule has 0 aliphatic carbocycles. The summed E-state index contributed by atoms with van der Waals surface area (Å²) >= 11 is 0. The van der Waals surface area contributed by atoms with E-state index >= 15 is 0 Å². The lowest BCUT2D eigenvalue weighted by Gasteiger charge is -2.43. The number of aliphatic hydroxyl groups excluding tert-OH is 1. The zero-order valence-corrected chi connectivity index (χ0v) is 18.4. The molecule has 2 aliphatic heterocycles. The van der Waals surface area contributed by atoms with Crippen molar-refractivity contribution in [2.45, 2.75) is 52.1 Å². The summed E-state index contributed by atoms with van der Waals surface area (Å²) in [7, 11) is 1.88. The normalized spacial score (nSPS) is 22.6. The van der Waals surface area contributed by atoms with Crippen LogP contribution in [-0.4, -0.2) is 83.1 Å². The maximum absolute atomic E-state index is 13.0. The van der Waals surface area contributed by atoms with Crippen LogP contribution in [0.2, 0.25) is 0 Å². The third kappa shape index (κ3) is 6.24. The van der Waals surface area contributed by atoms with E-state index in [9.17, 15) is 9.90 Å². The standard InChI is InChI=1S/C23H38N4O2/c1-23(2,18-28)17-25(3)22(29)20-7-5-11-27(16-20)21-8-12-26(13-9-21)15-19-6-4-10-24-14-19/h4,6,10,14,20-21,28H,5,7-9,11-13,15-18H2,1-3H3. The fourth-order valence-corrected chi connectivity index (χ4v) is 4.81. The first kappa shape index (κ1) is 22.2. The van der Waals surface area contributed by atoms with Crippen LogP contribution in [0.4, 0.5) is 0 Å². The molecule has 3 heterocycles. The molecular formula is C23H38N4O2. The van der Waals surface area contributed by atoms with Crippen molar-refractivity contribution in [1.29, 1.82) is 0 Å². The smallest absolute Gasteiger partial charge is 0.226 e. The number of aromatic nitrogens is 1. The molecule has 29 heavy (non-hydrogen) atoms. The van der Waals surface area contributed by atoms with Gasteiger partial charge in [0.05, 0.1) is 5.92 Å². The van der Waals surface area contributed by atoms with Crippen molar-refractivity contribution < 1.29 is 9.90 Å². The zero-order chi connectivity index (χ0) is 20.9. The molecule has 1 aromatic heterocycles. The second-order valence-corrected chi connectivity index (χ2v) is 9.72. The van der Waals surface area contributed by atoms with Gasteiger partial charge in [0.2, 0.25) is 5.91 Å². The van der Waals surface area contributed by atoms with Gasteiger partial charge >= 0.3 is 0 Å². The number of piperidine rings is 2. The third-order valence-electron chi connectivity index (χ3n) is 6.47. The molecule has 2 saturated heterocycles. The molecule has 0 aromatic carbocycles. The largest absolute Gasteiger partial charge is 0.396 e. The lowest BCUT2D eigenvalue weighted by molar-refractivity contribution is -0.138. The molecular weight excluding hydrogens is 364 g/mol. The highest BCUT2D eigenvalue weighted by Gasteiger charge is 2.34. The maximum Gasteiger partial charge on any atom is 0.226 e. The van der Waals surface area contributed by atoms with Crippen LogP contribution in [0, 0.1) is 11.3 Å². The van der Waals surface area contributed by atoms with Crippen molar-refractivity contribution in [3.05, 3.63) is 30.1 Å². The Morgan fingerprint density at radius 2 is 2.03 bits per heavy atom. The fraction of sp³-hybridized carbons (Fsp3) is 0.739. The van der Waals surface area contributed by atoms with Gasteiger partial charge < -0.3 is 10.0 Å². The van der Waals surface area contributed by atoms with Crippen molar-refractivity contribution in [2.75, 3.05) is 46.4 Å². The number of rotatable bonds is 7. The molecule has 1 amide bonds. The van der Waals surface area contributed by atoms with Gasteiger partial charge in [0.15, 0.2) is 0 Å². The van der Waals surface area contributed by atoms with Gasteiger partial charge in [-0.3, -0.25) is 19.6 Å². The van der Waals surface area contributed by atoms with Crippen LogP contribution in [0.15, 0.2) is 24.5 Å². The van der Waals surface area contributed by atoms with Crippen LogP contribution in [-0.2, 0) is 11.3 Å². The van der Waals surface area contributed by atoms with Crippen LogP contribution in [0.5, 0.6) is 0 Å². The van der Waals surface area contributed by atoms with Crippen molar-refractivity contribution in [2.24, 2.45) is 11.3 Å². The second kappa shape index (κ2) is 10.0. The van der Waals surface area contributed by atoms with Gasteiger partial charge in [-0.05, 0) is 56.9 Å². The number of amides is 1. The van der Waals surface area contributed by atoms with Gasteiger partial charge in [-0.2, -0.15) is 0 Å². The Morgan fingerprint density at radius 3 is 2.69 bits per heavy atom. The average molecular weight is 403 g/mol. The van der Waals surface area contributed by atoms with E-state index in [0.717, 1.165) is 45.6 Å². The Hall–Kier alpha value is -1.50. The summed E-state index contributed by atoms with van der Waals surface area (Å²) in [4.78, 5) is 24.1. The number of likely N-dealkylation sites (tertiary alicyclic amines) is 2. The van der Waals surface area contributed by atoms with E-state index in [1.54, 1.807) is 0 Å². The Morgan fingerprint density at radius 1 is 1.28 bits per heavy atom. The van der Waals surface area contributed by atoms with Gasteiger partial charge in [0.25, 0.3) is 0 Å². The summed E-state index contributed by atoms with van der Waals surface area (Å²) in [5, 5.41) is 9.51. The molecule has 1 unspecified atom stereocenters. The highest BCUT2D eigenvalue weighted by atomic mass is 16.3. The number of aliphatic hydroxyl groups is 1. The Balaban J connectivity index is 1.48. The SMILES string of the molecule is CN(CC(C)(C)CO)C(=O)C1CCCN(C2CCN(Cc3cccnc3)CC2)C1. The first-order chi connectivity index (χ1) is 13.9. The predicted molar refractivity (Wildman–Crippen MR) is 115 cm³/mol. The Kier molecular flexibility index (Phi) is 7.66. The number of pyridine rings is 1. The van der Waals surface area contributed by atoms with E-state index in [2.05, 4.69) is 20.9 Å². The molecule has 6 nitrogen and oxygen atoms in total. The van der Waals surface area contributed by atoms with Crippen molar-refractivity contribution >= 4 is 5.91 Å². The first-order valence-electron chi connectivity index (χ1n) is 11.1. The zero-order valence-electron chi connectivity index (χ0n) is 18.4. The second-order valence-electron chi connectivity index (χ2n) is 9.72. The molecule has 0 bridgehead atoms. The molecule has 1 aromatic rings. The third-order valence-corrected chi connectivity index (χ3v) is 6.47. The minimum Gasteiger partial charge on any atom is -0.396 e. The van der Waals surface area contributed by atoms with E-state index in [0.29, 0.717) is 12.6 Å². The predicted octanol–water partition coefficient (Wildman–Crippen LogP) is 2.23. The maximum atomic E-state index is 13.0. The van der Waals surface area contributed by atoms with Crippen molar-refractivity contribution in [1.82, 2.24) is 19.7 Å². The Bertz CT molecular complexity index is 644. The molecule has 3 rings (SSSR count). The molecule has 162 valence electrons. The number of carbonyl (C=O) groups excluding carboxylic acids is 1. The van der Waals surface area contributed by atoms with E-state index in [1.807, 2.05) is 44.3 Å². The van der Waals surface area contributed by atoms with Gasteiger partial charge in [0.1, 0.15) is 0 Å². The minimum atomic E-state index is -0.250. The van der Waals surface area contributed by atoms with Crippen molar-refractivity contribution in [3.63, 3.8) is 0 Å². The molecule has 1 atom stereocenters. The monoisotopic (exact) mass is 402 g/mol. The number of hydrogen-bond donors (Lipinski definition) is 1. The summed E-state index contributed by atoms with van der Waals surface area (Å²) in [5.74, 6) is 0.335. The van der Waals surface area contributed by atoms with Crippen LogP contribution >= 0.6 is 0 Å². The number of nitrogens with zero attached hydrogens (tertiary/aromatic N) is 4. The minimum absolute atomic E-state index is 0.0941. The summed E-state index contributed by atoms with van der Waals surface area (Å²) in [5.41, 5.74) is 1.03. The van der Waals surface area contributed by atoms with Crippen LogP contribution < -0.4 is 0 Å². The summed E-state index contributed by atoms with van der Waals surface area (Å²) in [6.45, 7) is 9.90. The van der Waals surface area contributed by atoms with Crippen LogP contribution in [0.3, 0.4) is 0 Å². The molecule has 0 saturated carbocycles. The summed E-state index contributed by atoms with van der Waals surface area (Å²) < 4.78 is 0. The average Bonchev–Trinajstić information content (AvgIpc) is 2.74. The Labute approximate surface area is 175 Å². The van der Waals surface area contributed by atoms with Gasteiger partial charge in [-0.1, -0.05) is 19.9 Å². The molecule has 2 fully saturated rings. The van der Waals surface area contributed by atoms with E-state index in [1.165, 1.54) is 18.4 Å². The van der Waals surface area contributed by atoms with E-state index in [4.69, 9.17) is 0 Å². The molecule has 0 radical (unpaired) electrons. The first-order valence-corrected chi connectivity index (χ1v) is 11.1. The van der Waals surface area contributed by atoms with Crippen molar-refractivity contribution in [3.8, 4) is 0 Å². The van der Waals surface area contributed by atoms with Gasteiger partial charge in [0, 0.05) is 57.1 Å².